The van der Waals surface area contributed by atoms with E-state index in [1.54, 1.807) is 18.2 Å². The second-order valence-corrected chi connectivity index (χ2v) is 4.97. The minimum atomic E-state index is -0.778. The summed E-state index contributed by atoms with van der Waals surface area (Å²) < 4.78 is 0. The van der Waals surface area contributed by atoms with Gasteiger partial charge in [-0.3, -0.25) is 10.1 Å². The molecule has 0 amide bonds. The molecule has 0 aliphatic carbocycles. The number of aromatic nitrogens is 1. The third-order valence-electron chi connectivity index (χ3n) is 2.49. The number of fused-ring (bicyclic) bond motifs is 1. The summed E-state index contributed by atoms with van der Waals surface area (Å²) in [5, 5.41) is 30.0. The first-order valence-corrected chi connectivity index (χ1v) is 6.55. The van der Waals surface area contributed by atoms with Gasteiger partial charge in [0, 0.05) is 23.3 Å². The van der Waals surface area contributed by atoms with E-state index in [4.69, 9.17) is 5.11 Å². The van der Waals surface area contributed by atoms with Crippen molar-refractivity contribution in [3.63, 3.8) is 0 Å². The number of nitro benzene ring substituents is 1. The Kier molecular flexibility index (Phi) is 4.31. The summed E-state index contributed by atoms with van der Waals surface area (Å²) in [6.45, 7) is -0.285. The van der Waals surface area contributed by atoms with E-state index in [-0.39, 0.29) is 12.3 Å². The molecule has 0 spiro atoms. The predicted molar refractivity (Wildman–Crippen MR) is 72.2 cm³/mol. The van der Waals surface area contributed by atoms with Crippen molar-refractivity contribution in [1.82, 2.24) is 4.98 Å². The summed E-state index contributed by atoms with van der Waals surface area (Å²) in [5.74, 6) is 0.349. The van der Waals surface area contributed by atoms with E-state index in [9.17, 15) is 15.2 Å². The van der Waals surface area contributed by atoms with Crippen LogP contribution in [0, 0.1) is 10.1 Å². The van der Waals surface area contributed by atoms with Gasteiger partial charge in [0.05, 0.1) is 28.2 Å². The van der Waals surface area contributed by atoms with Crippen LogP contribution >= 0.6 is 11.8 Å². The lowest BCUT2D eigenvalue weighted by molar-refractivity contribution is -0.384. The second-order valence-electron chi connectivity index (χ2n) is 3.93. The van der Waals surface area contributed by atoms with Crippen LogP contribution < -0.4 is 0 Å². The number of nitro groups is 1. The van der Waals surface area contributed by atoms with Crippen molar-refractivity contribution in [1.29, 1.82) is 0 Å². The number of non-ortho nitro benzene ring substituents is 1. The number of thioether (sulfide) groups is 1. The van der Waals surface area contributed by atoms with E-state index in [0.29, 0.717) is 21.7 Å². The molecule has 0 bridgehead atoms. The smallest absolute Gasteiger partial charge is 0.270 e. The first-order valence-electron chi connectivity index (χ1n) is 5.57. The third kappa shape index (κ3) is 3.40. The molecule has 1 aromatic heterocycles. The fraction of sp³-hybridized carbons (Fsp3) is 0.250. The number of rotatable bonds is 5. The maximum atomic E-state index is 10.7. The summed E-state index contributed by atoms with van der Waals surface area (Å²) in [5.41, 5.74) is 0.694. The van der Waals surface area contributed by atoms with Crippen LogP contribution in [0.15, 0.2) is 35.4 Å². The van der Waals surface area contributed by atoms with Crippen LogP contribution in [-0.2, 0) is 0 Å². The van der Waals surface area contributed by atoms with Crippen LogP contribution in [0.25, 0.3) is 10.9 Å². The Balaban J connectivity index is 2.21. The molecule has 1 atom stereocenters. The van der Waals surface area contributed by atoms with Crippen molar-refractivity contribution in [2.75, 3.05) is 12.4 Å². The molecule has 2 aromatic rings. The minimum Gasteiger partial charge on any atom is -0.394 e. The quantitative estimate of drug-likeness (QED) is 0.490. The molecular formula is C12H12N2O4S. The summed E-state index contributed by atoms with van der Waals surface area (Å²) in [4.78, 5) is 14.5. The van der Waals surface area contributed by atoms with Gasteiger partial charge in [0.25, 0.3) is 5.69 Å². The lowest BCUT2D eigenvalue weighted by atomic mass is 10.2. The topological polar surface area (TPSA) is 96.5 Å². The highest BCUT2D eigenvalue weighted by Crippen LogP contribution is 2.23. The van der Waals surface area contributed by atoms with Crippen LogP contribution in [0.5, 0.6) is 0 Å². The van der Waals surface area contributed by atoms with Crippen molar-refractivity contribution in [3.8, 4) is 0 Å². The van der Waals surface area contributed by atoms with Crippen molar-refractivity contribution >= 4 is 28.4 Å². The van der Waals surface area contributed by atoms with Gasteiger partial charge in [-0.15, -0.1) is 11.8 Å². The van der Waals surface area contributed by atoms with Crippen molar-refractivity contribution in [3.05, 3.63) is 40.4 Å². The molecule has 0 fully saturated rings. The molecule has 0 aliphatic heterocycles. The number of aliphatic hydroxyl groups excluding tert-OH is 2. The molecule has 0 saturated carbocycles. The Hall–Kier alpha value is -1.70. The fourth-order valence-electron chi connectivity index (χ4n) is 1.52. The molecule has 0 radical (unpaired) electrons. The molecule has 1 heterocycles. The van der Waals surface area contributed by atoms with E-state index >= 15 is 0 Å². The molecule has 19 heavy (non-hydrogen) atoms. The molecule has 6 nitrogen and oxygen atoms in total. The standard InChI is InChI=1S/C12H12N2O4S/c15-6-10(16)7-19-12-4-1-8-5-9(14(17)18)2-3-11(8)13-12/h1-5,10,15-16H,6-7H2. The number of hydrogen-bond donors (Lipinski definition) is 2. The van der Waals surface area contributed by atoms with Crippen LogP contribution in [0.3, 0.4) is 0 Å². The largest absolute Gasteiger partial charge is 0.394 e. The average Bonchev–Trinajstić information content (AvgIpc) is 2.43. The molecule has 100 valence electrons. The minimum absolute atomic E-state index is 0.0328. The van der Waals surface area contributed by atoms with Crippen molar-refractivity contribution in [2.24, 2.45) is 0 Å². The average molecular weight is 280 g/mol. The number of hydrogen-bond acceptors (Lipinski definition) is 6. The van der Waals surface area contributed by atoms with Crippen LogP contribution in [0.4, 0.5) is 5.69 Å². The molecule has 2 rings (SSSR count). The van der Waals surface area contributed by atoms with Gasteiger partial charge >= 0.3 is 0 Å². The highest BCUT2D eigenvalue weighted by Gasteiger charge is 2.08. The van der Waals surface area contributed by atoms with Crippen LogP contribution in [0.2, 0.25) is 0 Å². The molecule has 0 aliphatic rings. The monoisotopic (exact) mass is 280 g/mol. The Morgan fingerprint density at radius 1 is 1.37 bits per heavy atom. The van der Waals surface area contributed by atoms with E-state index in [1.165, 1.54) is 23.9 Å². The molecular weight excluding hydrogens is 268 g/mol. The second kappa shape index (κ2) is 5.96. The summed E-state index contributed by atoms with van der Waals surface area (Å²) in [6, 6.07) is 7.97. The number of pyridine rings is 1. The van der Waals surface area contributed by atoms with Crippen LogP contribution in [-0.4, -0.2) is 38.6 Å². The maximum absolute atomic E-state index is 10.7. The normalized spacial score (nSPS) is 12.5. The van der Waals surface area contributed by atoms with E-state index in [2.05, 4.69) is 4.98 Å². The number of aliphatic hydroxyl groups is 2. The maximum Gasteiger partial charge on any atom is 0.270 e. The lowest BCUT2D eigenvalue weighted by Crippen LogP contribution is -2.14. The zero-order chi connectivity index (χ0) is 13.8. The van der Waals surface area contributed by atoms with Gasteiger partial charge in [0.1, 0.15) is 0 Å². The number of nitrogens with zero attached hydrogens (tertiary/aromatic N) is 2. The Bertz CT molecular complexity index is 605. The summed E-state index contributed by atoms with van der Waals surface area (Å²) in [6.07, 6.45) is -0.778. The van der Waals surface area contributed by atoms with E-state index in [0.717, 1.165) is 0 Å². The Morgan fingerprint density at radius 2 is 2.16 bits per heavy atom. The Morgan fingerprint density at radius 3 is 2.84 bits per heavy atom. The molecule has 1 aromatic carbocycles. The molecule has 1 unspecified atom stereocenters. The van der Waals surface area contributed by atoms with E-state index in [1.807, 2.05) is 0 Å². The van der Waals surface area contributed by atoms with E-state index < -0.39 is 11.0 Å². The highest BCUT2D eigenvalue weighted by molar-refractivity contribution is 7.99. The Labute approximate surface area is 113 Å². The predicted octanol–water partition coefficient (Wildman–Crippen LogP) is 1.59. The molecule has 7 heteroatoms. The zero-order valence-electron chi connectivity index (χ0n) is 9.89. The number of benzene rings is 1. The lowest BCUT2D eigenvalue weighted by Gasteiger charge is -2.06. The van der Waals surface area contributed by atoms with Gasteiger partial charge in [-0.25, -0.2) is 4.98 Å². The first kappa shape index (κ1) is 13.7. The molecule has 0 saturated heterocycles. The van der Waals surface area contributed by atoms with Gasteiger partial charge in [-0.1, -0.05) is 0 Å². The summed E-state index contributed by atoms with van der Waals surface area (Å²) in [7, 11) is 0. The van der Waals surface area contributed by atoms with Crippen molar-refractivity contribution in [2.45, 2.75) is 11.1 Å². The SMILES string of the molecule is O=[N+]([O-])c1ccc2nc(SCC(O)CO)ccc2c1. The van der Waals surface area contributed by atoms with Crippen LogP contribution in [0.1, 0.15) is 0 Å². The van der Waals surface area contributed by atoms with Gasteiger partial charge in [0.15, 0.2) is 0 Å². The van der Waals surface area contributed by atoms with Gasteiger partial charge < -0.3 is 10.2 Å². The fourth-order valence-corrected chi connectivity index (χ4v) is 2.32. The van der Waals surface area contributed by atoms with Gasteiger partial charge in [-0.05, 0) is 18.2 Å². The zero-order valence-corrected chi connectivity index (χ0v) is 10.7. The highest BCUT2D eigenvalue weighted by atomic mass is 32.2. The van der Waals surface area contributed by atoms with Gasteiger partial charge in [-0.2, -0.15) is 0 Å². The van der Waals surface area contributed by atoms with Gasteiger partial charge in [0.2, 0.25) is 0 Å². The molecule has 2 N–H and O–H groups in total. The van der Waals surface area contributed by atoms with Crippen molar-refractivity contribution < 1.29 is 15.1 Å². The third-order valence-corrected chi connectivity index (χ3v) is 3.57. The first-order chi connectivity index (χ1) is 9.10. The summed E-state index contributed by atoms with van der Waals surface area (Å²) >= 11 is 1.32.